The minimum absolute atomic E-state index is 0.603. The average molecular weight is 405 g/mol. The van der Waals surface area contributed by atoms with Gasteiger partial charge in [0, 0.05) is 4.47 Å². The standard InChI is InChI=1S/C21H17BrN4/c1-12-8-16(22)18(9-13(12)2)24-20-10-14(3)15(11-23)21-25-17-6-4-5-7-19(17)26(20)21/h4-10,24H,1-3H3. The first-order valence-corrected chi connectivity index (χ1v) is 9.13. The maximum Gasteiger partial charge on any atom is 0.157 e. The van der Waals surface area contributed by atoms with Gasteiger partial charge in [-0.1, -0.05) is 12.1 Å². The van der Waals surface area contributed by atoms with Gasteiger partial charge in [-0.15, -0.1) is 0 Å². The van der Waals surface area contributed by atoms with Gasteiger partial charge in [-0.2, -0.15) is 5.26 Å². The lowest BCUT2D eigenvalue weighted by molar-refractivity contribution is 1.18. The first-order chi connectivity index (χ1) is 12.5. The molecule has 2 aromatic carbocycles. The summed E-state index contributed by atoms with van der Waals surface area (Å²) in [5.74, 6) is 0.883. The fourth-order valence-electron chi connectivity index (χ4n) is 3.20. The van der Waals surface area contributed by atoms with Gasteiger partial charge in [0.2, 0.25) is 0 Å². The number of anilines is 2. The monoisotopic (exact) mass is 404 g/mol. The molecule has 2 aromatic heterocycles. The molecule has 128 valence electrons. The lowest BCUT2D eigenvalue weighted by Crippen LogP contribution is -2.03. The summed E-state index contributed by atoms with van der Waals surface area (Å²) in [4.78, 5) is 4.69. The van der Waals surface area contributed by atoms with Crippen LogP contribution < -0.4 is 5.32 Å². The van der Waals surface area contributed by atoms with Gasteiger partial charge < -0.3 is 5.32 Å². The number of nitrogens with zero attached hydrogens (tertiary/aromatic N) is 3. The van der Waals surface area contributed by atoms with Crippen LogP contribution in [0.2, 0.25) is 0 Å². The van der Waals surface area contributed by atoms with Crippen molar-refractivity contribution in [2.45, 2.75) is 20.8 Å². The Labute approximate surface area is 160 Å². The number of para-hydroxylation sites is 2. The minimum atomic E-state index is 0.603. The Morgan fingerprint density at radius 3 is 2.54 bits per heavy atom. The van der Waals surface area contributed by atoms with Crippen molar-refractivity contribution in [1.82, 2.24) is 9.38 Å². The van der Waals surface area contributed by atoms with Crippen molar-refractivity contribution in [1.29, 1.82) is 5.26 Å². The first-order valence-electron chi connectivity index (χ1n) is 8.34. The van der Waals surface area contributed by atoms with E-state index >= 15 is 0 Å². The lowest BCUT2D eigenvalue weighted by atomic mass is 10.1. The van der Waals surface area contributed by atoms with Gasteiger partial charge in [0.25, 0.3) is 0 Å². The van der Waals surface area contributed by atoms with Crippen LogP contribution in [0.25, 0.3) is 16.7 Å². The molecule has 26 heavy (non-hydrogen) atoms. The number of fused-ring (bicyclic) bond motifs is 3. The summed E-state index contributed by atoms with van der Waals surface area (Å²) in [7, 11) is 0. The van der Waals surface area contributed by atoms with E-state index in [1.54, 1.807) is 0 Å². The van der Waals surface area contributed by atoms with Gasteiger partial charge in [0.05, 0.1) is 22.3 Å². The van der Waals surface area contributed by atoms with Crippen LogP contribution in [-0.2, 0) is 0 Å². The number of imidazole rings is 1. The summed E-state index contributed by atoms with van der Waals surface area (Å²) >= 11 is 3.65. The highest BCUT2D eigenvalue weighted by atomic mass is 79.9. The molecular formula is C21H17BrN4. The van der Waals surface area contributed by atoms with Crippen LogP contribution in [0, 0.1) is 32.1 Å². The molecule has 0 saturated heterocycles. The normalized spacial score (nSPS) is 11.0. The molecule has 0 amide bonds. The van der Waals surface area contributed by atoms with Gasteiger partial charge in [-0.25, -0.2) is 4.98 Å². The van der Waals surface area contributed by atoms with E-state index in [0.29, 0.717) is 11.2 Å². The Morgan fingerprint density at radius 2 is 1.77 bits per heavy atom. The van der Waals surface area contributed by atoms with Crippen LogP contribution in [0.1, 0.15) is 22.3 Å². The Kier molecular flexibility index (Phi) is 3.93. The second-order valence-corrected chi connectivity index (χ2v) is 7.35. The van der Waals surface area contributed by atoms with Gasteiger partial charge in [0.15, 0.2) is 5.65 Å². The zero-order valence-corrected chi connectivity index (χ0v) is 16.3. The summed E-state index contributed by atoms with van der Waals surface area (Å²) in [6.07, 6.45) is 0. The van der Waals surface area contributed by atoms with Crippen molar-refractivity contribution < 1.29 is 0 Å². The van der Waals surface area contributed by atoms with Crippen molar-refractivity contribution in [2.75, 3.05) is 5.32 Å². The van der Waals surface area contributed by atoms with E-state index in [4.69, 9.17) is 4.98 Å². The van der Waals surface area contributed by atoms with Crippen LogP contribution in [0.5, 0.6) is 0 Å². The molecule has 0 fully saturated rings. The second kappa shape index (κ2) is 6.15. The molecule has 0 unspecified atom stereocenters. The van der Waals surface area contributed by atoms with Crippen molar-refractivity contribution in [3.05, 3.63) is 69.2 Å². The summed E-state index contributed by atoms with van der Waals surface area (Å²) in [5, 5.41) is 13.1. The van der Waals surface area contributed by atoms with E-state index < -0.39 is 0 Å². The number of aryl methyl sites for hydroxylation is 3. The predicted octanol–water partition coefficient (Wildman–Crippen LogP) is 5.79. The van der Waals surface area contributed by atoms with E-state index in [0.717, 1.165) is 32.6 Å². The fraction of sp³-hybridized carbons (Fsp3) is 0.143. The highest BCUT2D eigenvalue weighted by molar-refractivity contribution is 9.10. The molecule has 0 aliphatic heterocycles. The number of aromatic nitrogens is 2. The van der Waals surface area contributed by atoms with Crippen LogP contribution in [0.3, 0.4) is 0 Å². The predicted molar refractivity (Wildman–Crippen MR) is 109 cm³/mol. The molecule has 0 saturated carbocycles. The second-order valence-electron chi connectivity index (χ2n) is 6.50. The van der Waals surface area contributed by atoms with Gasteiger partial charge in [0.1, 0.15) is 11.9 Å². The number of pyridine rings is 1. The molecular weight excluding hydrogens is 388 g/mol. The number of nitrogens with one attached hydrogen (secondary N) is 1. The summed E-state index contributed by atoms with van der Waals surface area (Å²) < 4.78 is 3.02. The molecule has 0 aliphatic rings. The molecule has 1 N–H and O–H groups in total. The van der Waals surface area contributed by atoms with Crippen LogP contribution in [0.4, 0.5) is 11.5 Å². The summed E-state index contributed by atoms with van der Waals surface area (Å²) in [6, 6.07) is 16.5. The maximum absolute atomic E-state index is 9.60. The molecule has 5 heteroatoms. The number of halogens is 1. The van der Waals surface area contributed by atoms with Crippen molar-refractivity contribution in [2.24, 2.45) is 0 Å². The molecule has 0 bridgehead atoms. The van der Waals surface area contributed by atoms with E-state index in [2.05, 4.69) is 53.3 Å². The fourth-order valence-corrected chi connectivity index (χ4v) is 3.76. The minimum Gasteiger partial charge on any atom is -0.340 e. The van der Waals surface area contributed by atoms with E-state index in [1.807, 2.05) is 41.7 Å². The smallest absolute Gasteiger partial charge is 0.157 e. The number of hydrogen-bond donors (Lipinski definition) is 1. The molecule has 0 spiro atoms. The third kappa shape index (κ3) is 2.54. The number of benzene rings is 2. The largest absolute Gasteiger partial charge is 0.340 e. The van der Waals surface area contributed by atoms with Crippen molar-refractivity contribution >= 4 is 44.1 Å². The molecule has 4 rings (SSSR count). The van der Waals surface area contributed by atoms with Crippen LogP contribution in [0.15, 0.2) is 46.9 Å². The Hall–Kier alpha value is -2.84. The molecule has 4 nitrogen and oxygen atoms in total. The molecule has 0 radical (unpaired) electrons. The molecule has 0 atom stereocenters. The Morgan fingerprint density at radius 1 is 1.04 bits per heavy atom. The van der Waals surface area contributed by atoms with Crippen molar-refractivity contribution in [3.8, 4) is 6.07 Å². The quantitative estimate of drug-likeness (QED) is 0.459. The van der Waals surface area contributed by atoms with Crippen molar-refractivity contribution in [3.63, 3.8) is 0 Å². The Bertz CT molecular complexity index is 1210. The molecule has 4 aromatic rings. The third-order valence-electron chi connectivity index (χ3n) is 4.73. The molecule has 2 heterocycles. The highest BCUT2D eigenvalue weighted by Gasteiger charge is 2.16. The number of hydrogen-bond acceptors (Lipinski definition) is 3. The van der Waals surface area contributed by atoms with Gasteiger partial charge in [-0.3, -0.25) is 4.40 Å². The zero-order chi connectivity index (χ0) is 18.4. The summed E-state index contributed by atoms with van der Waals surface area (Å²) in [6.45, 7) is 6.13. The Balaban J connectivity index is 2.01. The molecule has 0 aliphatic carbocycles. The average Bonchev–Trinajstić information content (AvgIpc) is 2.99. The third-order valence-corrected chi connectivity index (χ3v) is 5.39. The van der Waals surface area contributed by atoms with E-state index in [1.165, 1.54) is 11.1 Å². The topological polar surface area (TPSA) is 53.1 Å². The SMILES string of the molecule is Cc1cc(Br)c(Nc2cc(C)c(C#N)c3nc4ccccc4n23)cc1C. The van der Waals surface area contributed by atoms with Gasteiger partial charge in [-0.05, 0) is 83.7 Å². The lowest BCUT2D eigenvalue weighted by Gasteiger charge is -2.15. The van der Waals surface area contributed by atoms with Crippen LogP contribution in [-0.4, -0.2) is 9.38 Å². The van der Waals surface area contributed by atoms with Crippen LogP contribution >= 0.6 is 15.9 Å². The van der Waals surface area contributed by atoms with E-state index in [-0.39, 0.29) is 0 Å². The number of nitriles is 1. The van der Waals surface area contributed by atoms with Gasteiger partial charge >= 0.3 is 0 Å². The van der Waals surface area contributed by atoms with E-state index in [9.17, 15) is 5.26 Å². The first kappa shape index (κ1) is 16.6. The number of rotatable bonds is 2. The summed E-state index contributed by atoms with van der Waals surface area (Å²) in [5.41, 5.74) is 7.46. The maximum atomic E-state index is 9.60. The highest BCUT2D eigenvalue weighted by Crippen LogP contribution is 2.32. The zero-order valence-electron chi connectivity index (χ0n) is 14.8.